The van der Waals surface area contributed by atoms with Gasteiger partial charge in [0.1, 0.15) is 6.04 Å². The van der Waals surface area contributed by atoms with Gasteiger partial charge in [0, 0.05) is 6.54 Å². The first-order chi connectivity index (χ1) is 12.0. The first-order valence-electron chi connectivity index (χ1n) is 8.85. The van der Waals surface area contributed by atoms with Crippen LogP contribution in [0.5, 0.6) is 0 Å². The summed E-state index contributed by atoms with van der Waals surface area (Å²) in [6.45, 7) is 3.40. The van der Waals surface area contributed by atoms with E-state index in [0.717, 1.165) is 36.9 Å². The number of rotatable bonds is 5. The van der Waals surface area contributed by atoms with Crippen LogP contribution in [-0.2, 0) is 17.8 Å². The molecule has 6 heteroatoms. The Morgan fingerprint density at radius 2 is 2.08 bits per heavy atom. The maximum Gasteiger partial charge on any atom is 0.239 e. The highest BCUT2D eigenvalue weighted by Crippen LogP contribution is 2.31. The van der Waals surface area contributed by atoms with E-state index in [0.29, 0.717) is 24.7 Å². The fraction of sp³-hybridized carbons (Fsp3) is 0.526. The minimum Gasteiger partial charge on any atom is -0.422 e. The fourth-order valence-corrected chi connectivity index (χ4v) is 3.30. The first-order valence-corrected chi connectivity index (χ1v) is 8.85. The van der Waals surface area contributed by atoms with E-state index in [9.17, 15) is 4.79 Å². The summed E-state index contributed by atoms with van der Waals surface area (Å²) in [6, 6.07) is 7.94. The molecule has 0 unspecified atom stereocenters. The highest BCUT2D eigenvalue weighted by molar-refractivity contribution is 5.79. The molecule has 2 aromatic rings. The molecule has 0 saturated carbocycles. The van der Waals surface area contributed by atoms with Gasteiger partial charge in [-0.3, -0.25) is 4.79 Å². The van der Waals surface area contributed by atoms with Gasteiger partial charge in [-0.1, -0.05) is 24.3 Å². The van der Waals surface area contributed by atoms with Crippen molar-refractivity contribution in [1.29, 1.82) is 0 Å². The van der Waals surface area contributed by atoms with Crippen molar-refractivity contribution in [2.24, 2.45) is 0 Å². The first kappa shape index (κ1) is 17.6. The lowest BCUT2D eigenvalue weighted by atomic mass is 9.99. The Hall–Kier alpha value is -2.21. The summed E-state index contributed by atoms with van der Waals surface area (Å²) in [5.41, 5.74) is 2.23. The molecule has 2 heterocycles. The standard InChI is InChI=1S/C19H26N4O2/c1-14-8-4-5-9-15(14)12-18(24)23-11-7-6-10-16(23)19-21-20-17(25-19)13-22(2)3/h4-5,8-9,16H,6-7,10-13H2,1-3H3/t16-/m1/s1. The molecule has 3 rings (SSSR count). The molecular formula is C19H26N4O2. The lowest BCUT2D eigenvalue weighted by molar-refractivity contribution is -0.135. The van der Waals surface area contributed by atoms with Crippen LogP contribution in [0.1, 0.15) is 48.2 Å². The zero-order valence-electron chi connectivity index (χ0n) is 15.2. The molecule has 0 N–H and O–H groups in total. The Morgan fingerprint density at radius 3 is 2.84 bits per heavy atom. The molecule has 1 aromatic carbocycles. The van der Waals surface area contributed by atoms with E-state index in [1.165, 1.54) is 0 Å². The summed E-state index contributed by atoms with van der Waals surface area (Å²) in [7, 11) is 3.92. The molecule has 25 heavy (non-hydrogen) atoms. The summed E-state index contributed by atoms with van der Waals surface area (Å²) < 4.78 is 5.83. The predicted molar refractivity (Wildman–Crippen MR) is 94.9 cm³/mol. The van der Waals surface area contributed by atoms with E-state index >= 15 is 0 Å². The lowest BCUT2D eigenvalue weighted by Gasteiger charge is -2.33. The normalized spacial score (nSPS) is 17.9. The van der Waals surface area contributed by atoms with Gasteiger partial charge in [0.2, 0.25) is 17.7 Å². The van der Waals surface area contributed by atoms with Crippen LogP contribution in [0.15, 0.2) is 28.7 Å². The van der Waals surface area contributed by atoms with Gasteiger partial charge in [-0.25, -0.2) is 0 Å². The molecule has 1 atom stereocenters. The van der Waals surface area contributed by atoms with Crippen LogP contribution in [0.4, 0.5) is 0 Å². The third-order valence-corrected chi connectivity index (χ3v) is 4.65. The number of nitrogens with zero attached hydrogens (tertiary/aromatic N) is 4. The van der Waals surface area contributed by atoms with Gasteiger partial charge in [0.15, 0.2) is 0 Å². The predicted octanol–water partition coefficient (Wildman–Crippen LogP) is 2.74. The van der Waals surface area contributed by atoms with Gasteiger partial charge >= 0.3 is 0 Å². The largest absolute Gasteiger partial charge is 0.422 e. The Balaban J connectivity index is 1.75. The lowest BCUT2D eigenvalue weighted by Crippen LogP contribution is -2.39. The maximum atomic E-state index is 12.9. The van der Waals surface area contributed by atoms with Gasteiger partial charge in [0.25, 0.3) is 0 Å². The molecule has 1 fully saturated rings. The van der Waals surface area contributed by atoms with Gasteiger partial charge in [-0.05, 0) is 51.4 Å². The SMILES string of the molecule is Cc1ccccc1CC(=O)N1CCCC[C@@H]1c1nnc(CN(C)C)o1. The number of aryl methyl sites for hydroxylation is 1. The second-order valence-corrected chi connectivity index (χ2v) is 6.97. The molecule has 1 saturated heterocycles. The number of piperidine rings is 1. The van der Waals surface area contributed by atoms with Crippen LogP contribution in [0.2, 0.25) is 0 Å². The van der Waals surface area contributed by atoms with Crippen molar-refractivity contribution < 1.29 is 9.21 Å². The van der Waals surface area contributed by atoms with Gasteiger partial charge in [-0.2, -0.15) is 0 Å². The van der Waals surface area contributed by atoms with Crippen molar-refractivity contribution in [2.75, 3.05) is 20.6 Å². The average Bonchev–Trinajstić information content (AvgIpc) is 3.04. The van der Waals surface area contributed by atoms with E-state index in [1.54, 1.807) is 0 Å². The summed E-state index contributed by atoms with van der Waals surface area (Å²) >= 11 is 0. The van der Waals surface area contributed by atoms with Crippen LogP contribution in [0.3, 0.4) is 0 Å². The molecule has 0 radical (unpaired) electrons. The van der Waals surface area contributed by atoms with Crippen molar-refractivity contribution in [3.63, 3.8) is 0 Å². The number of carbonyl (C=O) groups is 1. The Kier molecular flexibility index (Phi) is 5.48. The van der Waals surface area contributed by atoms with Gasteiger partial charge in [0.05, 0.1) is 13.0 Å². The van der Waals surface area contributed by atoms with Crippen LogP contribution in [0, 0.1) is 6.92 Å². The number of carbonyl (C=O) groups excluding carboxylic acids is 1. The molecule has 1 aliphatic rings. The second kappa shape index (κ2) is 7.78. The van der Waals surface area contributed by atoms with Crippen molar-refractivity contribution in [2.45, 2.75) is 45.2 Å². The third-order valence-electron chi connectivity index (χ3n) is 4.65. The topological polar surface area (TPSA) is 62.5 Å². The number of benzene rings is 1. The van der Waals surface area contributed by atoms with Gasteiger partial charge < -0.3 is 14.2 Å². The highest BCUT2D eigenvalue weighted by Gasteiger charge is 2.32. The molecule has 1 aliphatic heterocycles. The minimum absolute atomic E-state index is 0.103. The molecule has 0 aliphatic carbocycles. The van der Waals surface area contributed by atoms with Crippen molar-refractivity contribution in [3.8, 4) is 0 Å². The average molecular weight is 342 g/mol. The monoisotopic (exact) mass is 342 g/mol. The van der Waals surface area contributed by atoms with E-state index in [2.05, 4.69) is 10.2 Å². The zero-order valence-corrected chi connectivity index (χ0v) is 15.2. The highest BCUT2D eigenvalue weighted by atomic mass is 16.4. The third kappa shape index (κ3) is 4.25. The second-order valence-electron chi connectivity index (χ2n) is 6.97. The molecule has 6 nitrogen and oxygen atoms in total. The van der Waals surface area contributed by atoms with Crippen LogP contribution >= 0.6 is 0 Å². The van der Waals surface area contributed by atoms with Crippen LogP contribution in [-0.4, -0.2) is 46.5 Å². The van der Waals surface area contributed by atoms with Crippen molar-refractivity contribution in [1.82, 2.24) is 20.0 Å². The van der Waals surface area contributed by atoms with E-state index in [1.807, 2.05) is 55.1 Å². The minimum atomic E-state index is -0.103. The number of hydrogen-bond donors (Lipinski definition) is 0. The quantitative estimate of drug-likeness (QED) is 0.836. The fourth-order valence-electron chi connectivity index (χ4n) is 3.30. The number of amides is 1. The molecule has 0 bridgehead atoms. The van der Waals surface area contributed by atoms with Gasteiger partial charge in [-0.15, -0.1) is 10.2 Å². The number of likely N-dealkylation sites (tertiary alicyclic amines) is 1. The van der Waals surface area contributed by atoms with Crippen LogP contribution < -0.4 is 0 Å². The maximum absolute atomic E-state index is 12.9. The molecular weight excluding hydrogens is 316 g/mol. The molecule has 134 valence electrons. The van der Waals surface area contributed by atoms with Crippen molar-refractivity contribution >= 4 is 5.91 Å². The van der Waals surface area contributed by atoms with Crippen LogP contribution in [0.25, 0.3) is 0 Å². The Bertz CT molecular complexity index is 726. The molecule has 1 amide bonds. The smallest absolute Gasteiger partial charge is 0.239 e. The van der Waals surface area contributed by atoms with Crippen molar-refractivity contribution in [3.05, 3.63) is 47.2 Å². The summed E-state index contributed by atoms with van der Waals surface area (Å²) in [6.07, 6.45) is 3.39. The number of hydrogen-bond acceptors (Lipinski definition) is 5. The van der Waals surface area contributed by atoms with E-state index in [-0.39, 0.29) is 11.9 Å². The summed E-state index contributed by atoms with van der Waals surface area (Å²) in [5, 5.41) is 8.34. The van der Waals surface area contributed by atoms with E-state index < -0.39 is 0 Å². The Morgan fingerprint density at radius 1 is 1.28 bits per heavy atom. The zero-order chi connectivity index (χ0) is 17.8. The Labute approximate surface area is 148 Å². The van der Waals surface area contributed by atoms with E-state index in [4.69, 9.17) is 4.42 Å². The summed E-state index contributed by atoms with van der Waals surface area (Å²) in [5.74, 6) is 1.29. The molecule has 1 aromatic heterocycles. The summed E-state index contributed by atoms with van der Waals surface area (Å²) in [4.78, 5) is 16.8. The molecule has 0 spiro atoms. The number of aromatic nitrogens is 2.